The van der Waals surface area contributed by atoms with Gasteiger partial charge in [0, 0.05) is 25.6 Å². The van der Waals surface area contributed by atoms with Crippen LogP contribution in [0.1, 0.15) is 51.9 Å². The molecule has 1 aliphatic carbocycles. The van der Waals surface area contributed by atoms with Crippen LogP contribution in [-0.2, 0) is 9.53 Å². The van der Waals surface area contributed by atoms with Crippen LogP contribution in [0.3, 0.4) is 0 Å². The van der Waals surface area contributed by atoms with E-state index < -0.39 is 5.60 Å². The Bertz CT molecular complexity index is 308. The standard InChI is InChI=1S/C15H27NO3/c1-2-10-19-11-6-14(17)16-9-8-15(18)7-4-3-5-13(15)12-16/h13,18H,2-12H2,1H3. The van der Waals surface area contributed by atoms with E-state index >= 15 is 0 Å². The molecule has 1 heterocycles. The molecule has 0 spiro atoms. The van der Waals surface area contributed by atoms with Gasteiger partial charge in [-0.2, -0.15) is 0 Å². The van der Waals surface area contributed by atoms with Gasteiger partial charge >= 0.3 is 0 Å². The molecule has 0 aromatic heterocycles. The zero-order chi connectivity index (χ0) is 13.7. The number of fused-ring (bicyclic) bond motifs is 1. The third-order valence-corrected chi connectivity index (χ3v) is 4.59. The second-order valence-corrected chi connectivity index (χ2v) is 6.00. The topological polar surface area (TPSA) is 49.8 Å². The maximum absolute atomic E-state index is 12.1. The Morgan fingerprint density at radius 2 is 2.21 bits per heavy atom. The summed E-state index contributed by atoms with van der Waals surface area (Å²) in [5.74, 6) is 0.472. The molecule has 110 valence electrons. The van der Waals surface area contributed by atoms with Crippen molar-refractivity contribution in [3.63, 3.8) is 0 Å². The minimum absolute atomic E-state index is 0.184. The maximum atomic E-state index is 12.1. The van der Waals surface area contributed by atoms with Gasteiger partial charge in [0.2, 0.25) is 5.91 Å². The van der Waals surface area contributed by atoms with Gasteiger partial charge in [0.05, 0.1) is 18.6 Å². The highest BCUT2D eigenvalue weighted by Crippen LogP contribution is 2.39. The number of hydrogen-bond donors (Lipinski definition) is 1. The lowest BCUT2D eigenvalue weighted by molar-refractivity contribution is -0.144. The van der Waals surface area contributed by atoms with Crippen LogP contribution in [-0.4, -0.2) is 47.8 Å². The average Bonchev–Trinajstić information content (AvgIpc) is 2.42. The number of piperidine rings is 1. The third-order valence-electron chi connectivity index (χ3n) is 4.59. The Morgan fingerprint density at radius 3 is 3.00 bits per heavy atom. The summed E-state index contributed by atoms with van der Waals surface area (Å²) in [6.45, 7) is 4.77. The fraction of sp³-hybridized carbons (Fsp3) is 0.933. The van der Waals surface area contributed by atoms with E-state index in [1.54, 1.807) is 0 Å². The molecule has 2 atom stereocenters. The molecule has 2 rings (SSSR count). The van der Waals surface area contributed by atoms with Gasteiger partial charge < -0.3 is 14.7 Å². The summed E-state index contributed by atoms with van der Waals surface area (Å²) in [4.78, 5) is 14.0. The van der Waals surface area contributed by atoms with Crippen molar-refractivity contribution in [3.05, 3.63) is 0 Å². The van der Waals surface area contributed by atoms with Crippen LogP contribution in [0.15, 0.2) is 0 Å². The molecule has 1 saturated heterocycles. The lowest BCUT2D eigenvalue weighted by Gasteiger charge is -2.47. The Morgan fingerprint density at radius 1 is 1.37 bits per heavy atom. The largest absolute Gasteiger partial charge is 0.389 e. The van der Waals surface area contributed by atoms with E-state index in [0.717, 1.165) is 45.3 Å². The van der Waals surface area contributed by atoms with Crippen molar-refractivity contribution in [2.75, 3.05) is 26.3 Å². The summed E-state index contributed by atoms with van der Waals surface area (Å²) in [5, 5.41) is 10.6. The number of carbonyl (C=O) groups excluding carboxylic acids is 1. The molecule has 0 radical (unpaired) electrons. The summed E-state index contributed by atoms with van der Waals surface area (Å²) >= 11 is 0. The maximum Gasteiger partial charge on any atom is 0.224 e. The summed E-state index contributed by atoms with van der Waals surface area (Å²) < 4.78 is 5.37. The number of ether oxygens (including phenoxy) is 1. The van der Waals surface area contributed by atoms with E-state index in [9.17, 15) is 9.90 Å². The predicted molar refractivity (Wildman–Crippen MR) is 73.8 cm³/mol. The van der Waals surface area contributed by atoms with E-state index in [1.807, 2.05) is 4.90 Å². The zero-order valence-corrected chi connectivity index (χ0v) is 12.1. The van der Waals surface area contributed by atoms with Crippen molar-refractivity contribution in [2.24, 2.45) is 5.92 Å². The van der Waals surface area contributed by atoms with Crippen molar-refractivity contribution in [1.82, 2.24) is 4.90 Å². The van der Waals surface area contributed by atoms with Gasteiger partial charge in [-0.05, 0) is 25.7 Å². The number of likely N-dealkylation sites (tertiary alicyclic amines) is 1. The van der Waals surface area contributed by atoms with Crippen molar-refractivity contribution >= 4 is 5.91 Å². The highest BCUT2D eigenvalue weighted by atomic mass is 16.5. The van der Waals surface area contributed by atoms with E-state index in [-0.39, 0.29) is 11.8 Å². The van der Waals surface area contributed by atoms with Gasteiger partial charge in [-0.25, -0.2) is 0 Å². The van der Waals surface area contributed by atoms with E-state index in [0.29, 0.717) is 19.6 Å². The van der Waals surface area contributed by atoms with Gasteiger partial charge in [0.15, 0.2) is 0 Å². The molecule has 2 aliphatic rings. The molecule has 2 fully saturated rings. The smallest absolute Gasteiger partial charge is 0.224 e. The van der Waals surface area contributed by atoms with E-state index in [2.05, 4.69) is 6.92 Å². The molecule has 1 N–H and O–H groups in total. The van der Waals surface area contributed by atoms with E-state index in [4.69, 9.17) is 4.74 Å². The van der Waals surface area contributed by atoms with Crippen LogP contribution in [0.2, 0.25) is 0 Å². The molecule has 1 amide bonds. The molecule has 4 nitrogen and oxygen atoms in total. The average molecular weight is 269 g/mol. The Balaban J connectivity index is 1.78. The number of hydrogen-bond acceptors (Lipinski definition) is 3. The van der Waals surface area contributed by atoms with Crippen molar-refractivity contribution in [2.45, 2.75) is 57.5 Å². The molecule has 19 heavy (non-hydrogen) atoms. The lowest BCUT2D eigenvalue weighted by atomic mass is 9.71. The molecule has 0 aromatic rings. The number of carbonyl (C=O) groups is 1. The summed E-state index contributed by atoms with van der Waals surface area (Å²) in [5.41, 5.74) is -0.492. The van der Waals surface area contributed by atoms with Crippen LogP contribution in [0.25, 0.3) is 0 Å². The van der Waals surface area contributed by atoms with Gasteiger partial charge in [0.25, 0.3) is 0 Å². The Kier molecular flexibility index (Phi) is 5.22. The Labute approximate surface area is 116 Å². The predicted octanol–water partition coefficient (Wildman–Crippen LogP) is 1.96. The minimum atomic E-state index is -0.492. The second kappa shape index (κ2) is 6.71. The third kappa shape index (κ3) is 3.69. The summed E-state index contributed by atoms with van der Waals surface area (Å²) in [6, 6.07) is 0. The van der Waals surface area contributed by atoms with Crippen molar-refractivity contribution in [3.8, 4) is 0 Å². The first-order valence-electron chi connectivity index (χ1n) is 7.73. The first-order chi connectivity index (χ1) is 9.15. The molecular formula is C15H27NO3. The van der Waals surface area contributed by atoms with Gasteiger partial charge in [-0.15, -0.1) is 0 Å². The fourth-order valence-corrected chi connectivity index (χ4v) is 3.36. The monoisotopic (exact) mass is 269 g/mol. The lowest BCUT2D eigenvalue weighted by Crippen LogP contribution is -2.54. The van der Waals surface area contributed by atoms with Crippen molar-refractivity contribution < 1.29 is 14.6 Å². The fourth-order valence-electron chi connectivity index (χ4n) is 3.36. The van der Waals surface area contributed by atoms with Crippen LogP contribution in [0, 0.1) is 5.92 Å². The second-order valence-electron chi connectivity index (χ2n) is 6.00. The highest BCUT2D eigenvalue weighted by Gasteiger charge is 2.43. The number of nitrogens with zero attached hydrogens (tertiary/aromatic N) is 1. The quantitative estimate of drug-likeness (QED) is 0.776. The minimum Gasteiger partial charge on any atom is -0.389 e. The van der Waals surface area contributed by atoms with Crippen LogP contribution in [0.4, 0.5) is 0 Å². The van der Waals surface area contributed by atoms with Crippen molar-refractivity contribution in [1.29, 1.82) is 0 Å². The molecule has 1 aliphatic heterocycles. The van der Waals surface area contributed by atoms with Gasteiger partial charge in [-0.1, -0.05) is 19.8 Å². The zero-order valence-electron chi connectivity index (χ0n) is 12.1. The molecule has 0 bridgehead atoms. The first-order valence-corrected chi connectivity index (χ1v) is 7.73. The first kappa shape index (κ1) is 14.8. The molecule has 2 unspecified atom stereocenters. The summed E-state index contributed by atoms with van der Waals surface area (Å²) in [7, 11) is 0. The SMILES string of the molecule is CCCOCCC(=O)N1CCC2(O)CCCCC2C1. The van der Waals surface area contributed by atoms with E-state index in [1.165, 1.54) is 6.42 Å². The van der Waals surface area contributed by atoms with Crippen LogP contribution in [0.5, 0.6) is 0 Å². The molecular weight excluding hydrogens is 242 g/mol. The number of aliphatic hydroxyl groups is 1. The molecule has 4 heteroatoms. The molecule has 0 aromatic carbocycles. The van der Waals surface area contributed by atoms with Gasteiger partial charge in [0.1, 0.15) is 0 Å². The molecule has 1 saturated carbocycles. The van der Waals surface area contributed by atoms with Crippen LogP contribution < -0.4 is 0 Å². The number of rotatable bonds is 5. The number of amides is 1. The summed E-state index contributed by atoms with van der Waals surface area (Å²) in [6.07, 6.45) is 6.52. The van der Waals surface area contributed by atoms with Gasteiger partial charge in [-0.3, -0.25) is 4.79 Å². The Hall–Kier alpha value is -0.610. The van der Waals surface area contributed by atoms with Crippen LogP contribution >= 0.6 is 0 Å². The normalized spacial score (nSPS) is 31.1. The highest BCUT2D eigenvalue weighted by molar-refractivity contribution is 5.76.